The van der Waals surface area contributed by atoms with Crippen LogP contribution in [0, 0.1) is 17.2 Å². The van der Waals surface area contributed by atoms with E-state index in [1.807, 2.05) is 6.07 Å². The molecule has 1 aliphatic rings. The van der Waals surface area contributed by atoms with Crippen LogP contribution in [0.1, 0.15) is 18.4 Å². The fourth-order valence-corrected chi connectivity index (χ4v) is 4.50. The van der Waals surface area contributed by atoms with Crippen LogP contribution in [0.15, 0.2) is 27.6 Å². The molecule has 0 saturated carbocycles. The van der Waals surface area contributed by atoms with E-state index < -0.39 is 10.0 Å². The van der Waals surface area contributed by atoms with Crippen molar-refractivity contribution in [1.29, 1.82) is 5.26 Å². The lowest BCUT2D eigenvalue weighted by Gasteiger charge is -2.30. The van der Waals surface area contributed by atoms with Crippen LogP contribution in [-0.4, -0.2) is 32.4 Å². The first kappa shape index (κ1) is 15.4. The number of sulfonamides is 1. The van der Waals surface area contributed by atoms with Crippen molar-refractivity contribution in [1.82, 2.24) is 4.31 Å². The molecule has 108 valence electrons. The van der Waals surface area contributed by atoms with Crippen LogP contribution in [-0.2, 0) is 10.0 Å². The molecular weight excluding hydrogens is 342 g/mol. The molecule has 1 aromatic rings. The van der Waals surface area contributed by atoms with Crippen LogP contribution < -0.4 is 5.73 Å². The zero-order valence-corrected chi connectivity index (χ0v) is 13.3. The summed E-state index contributed by atoms with van der Waals surface area (Å²) >= 11 is 3.24. The first-order valence-corrected chi connectivity index (χ1v) is 8.61. The minimum absolute atomic E-state index is 0.162. The van der Waals surface area contributed by atoms with E-state index in [-0.39, 0.29) is 4.90 Å². The smallest absolute Gasteiger partial charge is 0.243 e. The molecule has 2 N–H and O–H groups in total. The lowest BCUT2D eigenvalue weighted by Crippen LogP contribution is -2.40. The largest absolute Gasteiger partial charge is 0.330 e. The van der Waals surface area contributed by atoms with E-state index in [1.165, 1.54) is 16.4 Å². The Kier molecular flexibility index (Phi) is 4.81. The van der Waals surface area contributed by atoms with E-state index in [0.717, 1.165) is 12.8 Å². The molecule has 1 aromatic carbocycles. The van der Waals surface area contributed by atoms with Crippen LogP contribution in [0.2, 0.25) is 0 Å². The SMILES string of the molecule is N#Cc1cc(Br)cc(S(=O)(=O)N2CCC(CN)CC2)c1. The number of hydrogen-bond donors (Lipinski definition) is 1. The molecule has 0 unspecified atom stereocenters. The molecule has 0 amide bonds. The second-order valence-electron chi connectivity index (χ2n) is 4.87. The average Bonchev–Trinajstić information content (AvgIpc) is 2.46. The van der Waals surface area contributed by atoms with Gasteiger partial charge in [0.25, 0.3) is 0 Å². The Labute approximate surface area is 127 Å². The van der Waals surface area contributed by atoms with Crippen molar-refractivity contribution in [3.05, 3.63) is 28.2 Å². The summed E-state index contributed by atoms with van der Waals surface area (Å²) < 4.78 is 27.2. The number of nitriles is 1. The predicted molar refractivity (Wildman–Crippen MR) is 79.4 cm³/mol. The van der Waals surface area contributed by atoms with Gasteiger partial charge in [-0.05, 0) is 43.5 Å². The van der Waals surface area contributed by atoms with E-state index in [9.17, 15) is 8.42 Å². The first-order chi connectivity index (χ1) is 9.47. The van der Waals surface area contributed by atoms with Crippen molar-refractivity contribution < 1.29 is 8.42 Å². The van der Waals surface area contributed by atoms with Crippen molar-refractivity contribution in [2.45, 2.75) is 17.7 Å². The van der Waals surface area contributed by atoms with Gasteiger partial charge in [0.05, 0.1) is 16.5 Å². The van der Waals surface area contributed by atoms with Crippen LogP contribution in [0.3, 0.4) is 0 Å². The summed E-state index contributed by atoms with van der Waals surface area (Å²) in [4.78, 5) is 0.162. The van der Waals surface area contributed by atoms with Gasteiger partial charge in [-0.15, -0.1) is 0 Å². The summed E-state index contributed by atoms with van der Waals surface area (Å²) in [5, 5.41) is 8.94. The van der Waals surface area contributed by atoms with Gasteiger partial charge in [-0.1, -0.05) is 15.9 Å². The number of halogens is 1. The maximum absolute atomic E-state index is 12.6. The van der Waals surface area contributed by atoms with Gasteiger partial charge in [-0.2, -0.15) is 9.57 Å². The Morgan fingerprint density at radius 1 is 1.35 bits per heavy atom. The van der Waals surface area contributed by atoms with E-state index in [0.29, 0.717) is 35.6 Å². The Balaban J connectivity index is 2.27. The highest BCUT2D eigenvalue weighted by molar-refractivity contribution is 9.10. The molecule has 5 nitrogen and oxygen atoms in total. The fraction of sp³-hybridized carbons (Fsp3) is 0.462. The maximum atomic E-state index is 12.6. The number of rotatable bonds is 3. The summed E-state index contributed by atoms with van der Waals surface area (Å²) in [6.07, 6.45) is 1.57. The summed E-state index contributed by atoms with van der Waals surface area (Å²) in [5.74, 6) is 0.402. The molecule has 1 saturated heterocycles. The molecule has 7 heteroatoms. The Morgan fingerprint density at radius 2 is 2.00 bits per heavy atom. The third kappa shape index (κ3) is 3.20. The summed E-state index contributed by atoms with van der Waals surface area (Å²) in [5.41, 5.74) is 5.94. The van der Waals surface area contributed by atoms with Crippen LogP contribution in [0.4, 0.5) is 0 Å². The summed E-state index contributed by atoms with van der Waals surface area (Å²) in [6.45, 7) is 1.57. The van der Waals surface area contributed by atoms with Crippen molar-refractivity contribution >= 4 is 26.0 Å². The number of hydrogen-bond acceptors (Lipinski definition) is 4. The quantitative estimate of drug-likeness (QED) is 0.891. The van der Waals surface area contributed by atoms with E-state index in [4.69, 9.17) is 11.0 Å². The number of nitrogens with two attached hydrogens (primary N) is 1. The van der Waals surface area contributed by atoms with Gasteiger partial charge in [0.1, 0.15) is 0 Å². The summed E-state index contributed by atoms with van der Waals surface area (Å²) in [7, 11) is -3.54. The minimum atomic E-state index is -3.54. The van der Waals surface area contributed by atoms with E-state index in [2.05, 4.69) is 15.9 Å². The Bertz CT molecular complexity index is 632. The minimum Gasteiger partial charge on any atom is -0.330 e. The molecule has 1 fully saturated rings. The lowest BCUT2D eigenvalue weighted by atomic mass is 9.99. The van der Waals surface area contributed by atoms with Crippen molar-refractivity contribution in [3.63, 3.8) is 0 Å². The fourth-order valence-electron chi connectivity index (χ4n) is 2.31. The lowest BCUT2D eigenvalue weighted by molar-refractivity contribution is 0.278. The molecule has 0 bridgehead atoms. The van der Waals surface area contributed by atoms with Crippen molar-refractivity contribution in [3.8, 4) is 6.07 Å². The van der Waals surface area contributed by atoms with Crippen molar-refractivity contribution in [2.24, 2.45) is 11.7 Å². The molecule has 0 aliphatic carbocycles. The zero-order chi connectivity index (χ0) is 14.8. The third-order valence-corrected chi connectivity index (χ3v) is 5.88. The summed E-state index contributed by atoms with van der Waals surface area (Å²) in [6, 6.07) is 6.51. The van der Waals surface area contributed by atoms with Crippen LogP contribution in [0.5, 0.6) is 0 Å². The van der Waals surface area contributed by atoms with Gasteiger partial charge in [0.15, 0.2) is 0 Å². The first-order valence-electron chi connectivity index (χ1n) is 6.38. The number of piperidine rings is 1. The van der Waals surface area contributed by atoms with Gasteiger partial charge in [0.2, 0.25) is 10.0 Å². The molecule has 2 rings (SSSR count). The molecule has 1 aliphatic heterocycles. The predicted octanol–water partition coefficient (Wildman–Crippen LogP) is 1.68. The molecule has 20 heavy (non-hydrogen) atoms. The number of benzene rings is 1. The second kappa shape index (κ2) is 6.22. The van der Waals surface area contributed by atoms with Gasteiger partial charge in [0, 0.05) is 17.6 Å². The highest BCUT2D eigenvalue weighted by atomic mass is 79.9. The van der Waals surface area contributed by atoms with Gasteiger partial charge >= 0.3 is 0 Å². The van der Waals surface area contributed by atoms with Gasteiger partial charge < -0.3 is 5.73 Å². The Hall–Kier alpha value is -0.940. The van der Waals surface area contributed by atoms with Gasteiger partial charge in [-0.25, -0.2) is 8.42 Å². The van der Waals surface area contributed by atoms with Crippen LogP contribution >= 0.6 is 15.9 Å². The standard InChI is InChI=1S/C13H16BrN3O2S/c14-12-5-11(9-16)6-13(7-12)20(18,19)17-3-1-10(8-15)2-4-17/h5-7,10H,1-4,8,15H2. The monoisotopic (exact) mass is 357 g/mol. The molecular formula is C13H16BrN3O2S. The normalized spacial score (nSPS) is 17.9. The molecule has 0 spiro atoms. The van der Waals surface area contributed by atoms with Crippen LogP contribution in [0.25, 0.3) is 0 Å². The third-order valence-electron chi connectivity index (χ3n) is 3.55. The molecule has 1 heterocycles. The molecule has 0 atom stereocenters. The van der Waals surface area contributed by atoms with E-state index in [1.54, 1.807) is 6.07 Å². The zero-order valence-electron chi connectivity index (χ0n) is 10.9. The number of nitrogens with zero attached hydrogens (tertiary/aromatic N) is 2. The average molecular weight is 358 g/mol. The van der Waals surface area contributed by atoms with Gasteiger partial charge in [-0.3, -0.25) is 0 Å². The highest BCUT2D eigenvalue weighted by Crippen LogP contribution is 2.26. The topological polar surface area (TPSA) is 87.2 Å². The van der Waals surface area contributed by atoms with E-state index >= 15 is 0 Å². The Morgan fingerprint density at radius 3 is 2.55 bits per heavy atom. The molecule has 0 radical (unpaired) electrons. The second-order valence-corrected chi connectivity index (χ2v) is 7.72. The maximum Gasteiger partial charge on any atom is 0.243 e. The molecule has 0 aromatic heterocycles. The highest BCUT2D eigenvalue weighted by Gasteiger charge is 2.29. The van der Waals surface area contributed by atoms with Crippen molar-refractivity contribution in [2.75, 3.05) is 19.6 Å².